The third-order valence-corrected chi connectivity index (χ3v) is 8.31. The van der Waals surface area contributed by atoms with Crippen molar-refractivity contribution < 1.29 is 0 Å². The minimum Gasteiger partial charge on any atom is -0.315 e. The smallest absolute Gasteiger partial charge is 0.0234 e. The Bertz CT molecular complexity index is 712. The second kappa shape index (κ2) is 21.6. The van der Waals surface area contributed by atoms with Gasteiger partial charge >= 0.3 is 0 Å². The van der Waals surface area contributed by atoms with Crippen molar-refractivity contribution in [3.05, 3.63) is 35.5 Å². The maximum absolute atomic E-state index is 3.71. The standard InChI is InChI=1S/C32H62N8/c1-3-8-32(30-40-20-6-13-34-16-15-33-11-4-12-35-18-24-40)10-9-31(2)29-39-22-7-21-38-27-25-37(26-28-38)19-5-14-36-17-23-39/h3,8-10,33-36H,4-7,11-30H2,1-2H3/b8-3-,31-9+,32-10+. The van der Waals surface area contributed by atoms with Crippen LogP contribution < -0.4 is 21.3 Å². The summed E-state index contributed by atoms with van der Waals surface area (Å²) in [6.07, 6.45) is 14.2. The Labute approximate surface area is 246 Å². The van der Waals surface area contributed by atoms with Gasteiger partial charge in [0.25, 0.3) is 0 Å². The molecular formula is C32H62N8. The zero-order valence-corrected chi connectivity index (χ0v) is 26.1. The van der Waals surface area contributed by atoms with Gasteiger partial charge in [0, 0.05) is 78.5 Å². The summed E-state index contributed by atoms with van der Waals surface area (Å²) in [4.78, 5) is 10.6. The van der Waals surface area contributed by atoms with Crippen LogP contribution in [0.25, 0.3) is 0 Å². The number of piperazine rings is 1. The summed E-state index contributed by atoms with van der Waals surface area (Å²) >= 11 is 0. The number of hydrogen-bond acceptors (Lipinski definition) is 8. The fourth-order valence-corrected chi connectivity index (χ4v) is 5.93. The first-order chi connectivity index (χ1) is 19.7. The van der Waals surface area contributed by atoms with Crippen molar-refractivity contribution in [1.29, 1.82) is 0 Å². The Morgan fingerprint density at radius 1 is 0.525 bits per heavy atom. The van der Waals surface area contributed by atoms with Crippen molar-refractivity contribution in [1.82, 2.24) is 40.9 Å². The predicted molar refractivity (Wildman–Crippen MR) is 172 cm³/mol. The number of nitrogens with one attached hydrogen (secondary N) is 4. The van der Waals surface area contributed by atoms with Gasteiger partial charge in [-0.25, -0.2) is 0 Å². The zero-order valence-electron chi connectivity index (χ0n) is 26.1. The molecule has 4 heterocycles. The summed E-state index contributed by atoms with van der Waals surface area (Å²) in [5.41, 5.74) is 2.86. The van der Waals surface area contributed by atoms with Crippen molar-refractivity contribution in [2.75, 3.05) is 131 Å². The number of allylic oxidation sites excluding steroid dienone is 3. The van der Waals surface area contributed by atoms with Crippen molar-refractivity contribution in [2.45, 2.75) is 39.5 Å². The molecule has 4 N–H and O–H groups in total. The van der Waals surface area contributed by atoms with Crippen LogP contribution in [0.4, 0.5) is 0 Å². The SMILES string of the molecule is C\C=C/C(=C\C=C(/C)CN1CCCN2CCN(CCCNCC1)CC2)CN1CCCNCCNCCCNCC1. The average Bonchev–Trinajstić information content (AvgIpc) is 2.96. The van der Waals surface area contributed by atoms with Crippen LogP contribution in [0.5, 0.6) is 0 Å². The highest BCUT2D eigenvalue weighted by Gasteiger charge is 2.17. The summed E-state index contributed by atoms with van der Waals surface area (Å²) in [7, 11) is 0. The fourth-order valence-electron chi connectivity index (χ4n) is 5.93. The molecule has 0 unspecified atom stereocenters. The van der Waals surface area contributed by atoms with Gasteiger partial charge in [0.15, 0.2) is 0 Å². The van der Waals surface area contributed by atoms with E-state index >= 15 is 0 Å². The molecule has 0 radical (unpaired) electrons. The van der Waals surface area contributed by atoms with Gasteiger partial charge in [-0.1, -0.05) is 29.9 Å². The van der Waals surface area contributed by atoms with Crippen molar-refractivity contribution in [3.8, 4) is 0 Å². The molecule has 0 amide bonds. The van der Waals surface area contributed by atoms with Gasteiger partial charge in [0.2, 0.25) is 0 Å². The van der Waals surface area contributed by atoms with Gasteiger partial charge in [0.05, 0.1) is 0 Å². The molecule has 40 heavy (non-hydrogen) atoms. The molecule has 4 saturated heterocycles. The van der Waals surface area contributed by atoms with Crippen LogP contribution in [0.1, 0.15) is 39.5 Å². The maximum Gasteiger partial charge on any atom is 0.0234 e. The number of fused-ring (bicyclic) bond motifs is 11. The quantitative estimate of drug-likeness (QED) is 0.367. The van der Waals surface area contributed by atoms with E-state index in [4.69, 9.17) is 0 Å². The molecule has 4 aliphatic rings. The summed E-state index contributed by atoms with van der Waals surface area (Å²) < 4.78 is 0. The van der Waals surface area contributed by atoms with Crippen molar-refractivity contribution >= 4 is 0 Å². The lowest BCUT2D eigenvalue weighted by molar-refractivity contribution is 0.124. The van der Waals surface area contributed by atoms with E-state index in [9.17, 15) is 0 Å². The summed E-state index contributed by atoms with van der Waals surface area (Å²) in [6.45, 7) is 27.2. The van der Waals surface area contributed by atoms with E-state index in [2.05, 4.69) is 79.0 Å². The van der Waals surface area contributed by atoms with Crippen LogP contribution in [-0.4, -0.2) is 150 Å². The molecule has 0 saturated carbocycles. The van der Waals surface area contributed by atoms with Crippen LogP contribution in [0.2, 0.25) is 0 Å². The first-order valence-corrected chi connectivity index (χ1v) is 16.4. The number of rotatable bonds is 6. The fraction of sp³-hybridized carbons (Fsp3) is 0.812. The second-order valence-electron chi connectivity index (χ2n) is 11.9. The molecule has 0 aliphatic carbocycles. The summed E-state index contributed by atoms with van der Waals surface area (Å²) in [6, 6.07) is 0. The molecule has 0 aromatic carbocycles. The van der Waals surface area contributed by atoms with Gasteiger partial charge in [-0.3, -0.25) is 9.80 Å². The number of hydrogen-bond donors (Lipinski definition) is 4. The highest BCUT2D eigenvalue weighted by Crippen LogP contribution is 2.08. The lowest BCUT2D eigenvalue weighted by atomic mass is 10.1. The van der Waals surface area contributed by atoms with Gasteiger partial charge in [-0.15, -0.1) is 0 Å². The van der Waals surface area contributed by atoms with Crippen LogP contribution >= 0.6 is 0 Å². The Morgan fingerprint density at radius 2 is 1.05 bits per heavy atom. The Hall–Kier alpha value is -1.10. The first-order valence-electron chi connectivity index (χ1n) is 16.4. The number of nitrogens with zero attached hydrogens (tertiary/aromatic N) is 4. The third kappa shape index (κ3) is 15.2. The molecule has 0 aromatic heterocycles. The van der Waals surface area contributed by atoms with E-state index in [0.29, 0.717) is 0 Å². The lowest BCUT2D eigenvalue weighted by Crippen LogP contribution is -2.48. The molecule has 4 fully saturated rings. The van der Waals surface area contributed by atoms with Crippen molar-refractivity contribution in [3.63, 3.8) is 0 Å². The lowest BCUT2D eigenvalue weighted by Gasteiger charge is -2.35. The van der Waals surface area contributed by atoms with Gasteiger partial charge in [-0.05, 0) is 97.5 Å². The normalized spacial score (nSPS) is 27.9. The molecule has 0 spiro atoms. The van der Waals surface area contributed by atoms with Crippen LogP contribution in [0.3, 0.4) is 0 Å². The largest absolute Gasteiger partial charge is 0.315 e. The minimum absolute atomic E-state index is 1.01. The first kappa shape index (κ1) is 33.4. The maximum atomic E-state index is 3.71. The summed E-state index contributed by atoms with van der Waals surface area (Å²) in [5, 5.41) is 14.5. The van der Waals surface area contributed by atoms with Gasteiger partial charge in [0.1, 0.15) is 0 Å². The monoisotopic (exact) mass is 559 g/mol. The van der Waals surface area contributed by atoms with E-state index in [-0.39, 0.29) is 0 Å². The zero-order chi connectivity index (χ0) is 28.1. The Morgan fingerprint density at radius 3 is 1.70 bits per heavy atom. The van der Waals surface area contributed by atoms with Crippen molar-refractivity contribution in [2.24, 2.45) is 0 Å². The van der Waals surface area contributed by atoms with Crippen LogP contribution in [0.15, 0.2) is 35.5 Å². The van der Waals surface area contributed by atoms with E-state index in [1.807, 2.05) is 0 Å². The minimum atomic E-state index is 1.01. The molecular weight excluding hydrogens is 496 g/mol. The summed E-state index contributed by atoms with van der Waals surface area (Å²) in [5.74, 6) is 0. The van der Waals surface area contributed by atoms with Crippen LogP contribution in [0, 0.1) is 0 Å². The van der Waals surface area contributed by atoms with E-state index in [0.717, 1.165) is 85.1 Å². The van der Waals surface area contributed by atoms with E-state index < -0.39 is 0 Å². The highest BCUT2D eigenvalue weighted by molar-refractivity contribution is 5.27. The molecule has 8 heteroatoms. The molecule has 0 atom stereocenters. The molecule has 230 valence electrons. The molecule has 4 rings (SSSR count). The molecule has 2 bridgehead atoms. The Kier molecular flexibility index (Phi) is 18.0. The molecule has 8 nitrogen and oxygen atoms in total. The molecule has 4 aliphatic heterocycles. The second-order valence-corrected chi connectivity index (χ2v) is 11.9. The topological polar surface area (TPSA) is 61.1 Å². The predicted octanol–water partition coefficient (Wildman–Crippen LogP) is 1.60. The van der Waals surface area contributed by atoms with Crippen LogP contribution in [-0.2, 0) is 0 Å². The molecule has 0 aromatic rings. The Balaban J connectivity index is 1.53. The van der Waals surface area contributed by atoms with E-state index in [1.54, 1.807) is 0 Å². The van der Waals surface area contributed by atoms with E-state index in [1.165, 1.54) is 82.6 Å². The average molecular weight is 559 g/mol. The third-order valence-electron chi connectivity index (χ3n) is 8.31. The van der Waals surface area contributed by atoms with Gasteiger partial charge in [-0.2, -0.15) is 0 Å². The van der Waals surface area contributed by atoms with Gasteiger partial charge < -0.3 is 31.1 Å². The highest BCUT2D eigenvalue weighted by atomic mass is 15.3.